The number of nitrogens with zero attached hydrogens (tertiary/aromatic N) is 1. The third kappa shape index (κ3) is 2.47. The van der Waals surface area contributed by atoms with Gasteiger partial charge in [0.2, 0.25) is 0 Å². The van der Waals surface area contributed by atoms with Gasteiger partial charge in [0.05, 0.1) is 0 Å². The maximum absolute atomic E-state index is 4.31. The van der Waals surface area contributed by atoms with Crippen molar-refractivity contribution < 1.29 is 0 Å². The number of hydrogen-bond donors (Lipinski definition) is 1. The van der Waals surface area contributed by atoms with Crippen molar-refractivity contribution in [1.29, 1.82) is 0 Å². The summed E-state index contributed by atoms with van der Waals surface area (Å²) in [7, 11) is 0. The van der Waals surface area contributed by atoms with Gasteiger partial charge in [0, 0.05) is 24.1 Å². The van der Waals surface area contributed by atoms with E-state index in [1.165, 1.54) is 22.4 Å². The number of rotatable bonds is 3. The molecule has 0 bridgehead atoms. The van der Waals surface area contributed by atoms with Gasteiger partial charge < -0.3 is 5.32 Å². The van der Waals surface area contributed by atoms with Crippen molar-refractivity contribution in [2.24, 2.45) is 0 Å². The van der Waals surface area contributed by atoms with Crippen molar-refractivity contribution in [2.45, 2.75) is 20.8 Å². The summed E-state index contributed by atoms with van der Waals surface area (Å²) in [6, 6.07) is 10.6. The standard InChI is InChI=1S/C15H18N2/c1-4-16-14-7-5-6-13(10-14)15-8-9-17-12(3)11(15)2/h5-10,16H,4H2,1-3H3. The fourth-order valence-electron chi connectivity index (χ4n) is 1.95. The molecule has 0 amide bonds. The Balaban J connectivity index is 2.45. The zero-order valence-corrected chi connectivity index (χ0v) is 10.6. The van der Waals surface area contributed by atoms with Gasteiger partial charge in [-0.2, -0.15) is 0 Å². The van der Waals surface area contributed by atoms with Crippen LogP contribution >= 0.6 is 0 Å². The zero-order valence-electron chi connectivity index (χ0n) is 10.6. The topological polar surface area (TPSA) is 24.9 Å². The largest absolute Gasteiger partial charge is 0.385 e. The zero-order chi connectivity index (χ0) is 12.3. The number of hydrogen-bond acceptors (Lipinski definition) is 2. The van der Waals surface area contributed by atoms with Crippen molar-refractivity contribution in [1.82, 2.24) is 4.98 Å². The quantitative estimate of drug-likeness (QED) is 0.861. The van der Waals surface area contributed by atoms with E-state index in [1.54, 1.807) is 0 Å². The molecule has 17 heavy (non-hydrogen) atoms. The second kappa shape index (κ2) is 5.00. The Bertz CT molecular complexity index is 518. The second-order valence-electron chi connectivity index (χ2n) is 4.18. The number of pyridine rings is 1. The van der Waals surface area contributed by atoms with E-state index in [0.29, 0.717) is 0 Å². The molecular formula is C15H18N2. The van der Waals surface area contributed by atoms with Crippen molar-refractivity contribution >= 4 is 5.69 Å². The molecule has 0 aliphatic carbocycles. The van der Waals surface area contributed by atoms with E-state index in [2.05, 4.69) is 54.5 Å². The minimum Gasteiger partial charge on any atom is -0.385 e. The van der Waals surface area contributed by atoms with Gasteiger partial charge in [-0.15, -0.1) is 0 Å². The molecule has 1 heterocycles. The molecule has 2 heteroatoms. The minimum atomic E-state index is 0.942. The lowest BCUT2D eigenvalue weighted by Crippen LogP contribution is -1.96. The Morgan fingerprint density at radius 3 is 2.76 bits per heavy atom. The van der Waals surface area contributed by atoms with Gasteiger partial charge in [-0.05, 0) is 55.7 Å². The Hall–Kier alpha value is -1.83. The summed E-state index contributed by atoms with van der Waals surface area (Å²) < 4.78 is 0. The summed E-state index contributed by atoms with van der Waals surface area (Å²) >= 11 is 0. The molecule has 2 nitrogen and oxygen atoms in total. The van der Waals surface area contributed by atoms with E-state index in [1.807, 2.05) is 13.1 Å². The maximum Gasteiger partial charge on any atom is 0.0407 e. The maximum atomic E-state index is 4.31. The van der Waals surface area contributed by atoms with Crippen LogP contribution in [0.15, 0.2) is 36.5 Å². The van der Waals surface area contributed by atoms with E-state index >= 15 is 0 Å². The molecule has 1 N–H and O–H groups in total. The average Bonchev–Trinajstić information content (AvgIpc) is 2.33. The SMILES string of the molecule is CCNc1cccc(-c2ccnc(C)c2C)c1. The fourth-order valence-corrected chi connectivity index (χ4v) is 1.95. The predicted molar refractivity (Wildman–Crippen MR) is 73.3 cm³/mol. The first-order chi connectivity index (χ1) is 8.22. The molecule has 2 rings (SSSR count). The van der Waals surface area contributed by atoms with Crippen molar-refractivity contribution in [2.75, 3.05) is 11.9 Å². The Kier molecular flexibility index (Phi) is 3.43. The van der Waals surface area contributed by atoms with Gasteiger partial charge in [-0.25, -0.2) is 0 Å². The van der Waals surface area contributed by atoms with Gasteiger partial charge >= 0.3 is 0 Å². The molecule has 0 aliphatic heterocycles. The molecule has 0 atom stereocenters. The first-order valence-electron chi connectivity index (χ1n) is 5.99. The van der Waals surface area contributed by atoms with E-state index in [9.17, 15) is 0 Å². The lowest BCUT2D eigenvalue weighted by molar-refractivity contribution is 1.15. The predicted octanol–water partition coefficient (Wildman–Crippen LogP) is 3.80. The molecule has 0 aliphatic rings. The number of aromatic nitrogens is 1. The summed E-state index contributed by atoms with van der Waals surface area (Å²) in [4.78, 5) is 4.31. The molecule has 0 saturated carbocycles. The van der Waals surface area contributed by atoms with Crippen LogP contribution in [0.1, 0.15) is 18.2 Å². The number of anilines is 1. The number of benzene rings is 1. The number of aryl methyl sites for hydroxylation is 1. The molecule has 0 fully saturated rings. The second-order valence-corrected chi connectivity index (χ2v) is 4.18. The highest BCUT2D eigenvalue weighted by molar-refractivity contribution is 5.71. The summed E-state index contributed by atoms with van der Waals surface area (Å²) in [5, 5.41) is 3.34. The van der Waals surface area contributed by atoms with Crippen LogP contribution in [0.25, 0.3) is 11.1 Å². The van der Waals surface area contributed by atoms with Crippen LogP contribution in [0.3, 0.4) is 0 Å². The molecule has 0 saturated heterocycles. The van der Waals surface area contributed by atoms with E-state index in [4.69, 9.17) is 0 Å². The molecule has 0 unspecified atom stereocenters. The van der Waals surface area contributed by atoms with Crippen LogP contribution in [0.4, 0.5) is 5.69 Å². The smallest absolute Gasteiger partial charge is 0.0407 e. The van der Waals surface area contributed by atoms with Crippen molar-refractivity contribution in [3.05, 3.63) is 47.8 Å². The Morgan fingerprint density at radius 2 is 2.00 bits per heavy atom. The van der Waals surface area contributed by atoms with Gasteiger partial charge in [-0.1, -0.05) is 12.1 Å². The third-order valence-electron chi connectivity index (χ3n) is 3.01. The Morgan fingerprint density at radius 1 is 1.18 bits per heavy atom. The van der Waals surface area contributed by atoms with Crippen LogP contribution in [-0.4, -0.2) is 11.5 Å². The first-order valence-corrected chi connectivity index (χ1v) is 5.99. The lowest BCUT2D eigenvalue weighted by atomic mass is 10.00. The molecule has 88 valence electrons. The first kappa shape index (κ1) is 11.6. The van der Waals surface area contributed by atoms with Crippen LogP contribution < -0.4 is 5.32 Å². The van der Waals surface area contributed by atoms with Crippen molar-refractivity contribution in [3.8, 4) is 11.1 Å². The van der Waals surface area contributed by atoms with Crippen LogP contribution in [0.5, 0.6) is 0 Å². The van der Waals surface area contributed by atoms with Crippen LogP contribution in [-0.2, 0) is 0 Å². The lowest BCUT2D eigenvalue weighted by Gasteiger charge is -2.10. The van der Waals surface area contributed by atoms with E-state index < -0.39 is 0 Å². The van der Waals surface area contributed by atoms with Gasteiger partial charge in [0.25, 0.3) is 0 Å². The summed E-state index contributed by atoms with van der Waals surface area (Å²) in [5.74, 6) is 0. The molecular weight excluding hydrogens is 208 g/mol. The summed E-state index contributed by atoms with van der Waals surface area (Å²) in [5.41, 5.74) is 6.01. The minimum absolute atomic E-state index is 0.942. The van der Waals surface area contributed by atoms with Gasteiger partial charge in [0.1, 0.15) is 0 Å². The van der Waals surface area contributed by atoms with Crippen LogP contribution in [0.2, 0.25) is 0 Å². The number of nitrogens with one attached hydrogen (secondary N) is 1. The highest BCUT2D eigenvalue weighted by Gasteiger charge is 2.04. The molecule has 0 spiro atoms. The monoisotopic (exact) mass is 226 g/mol. The molecule has 1 aromatic heterocycles. The molecule has 1 aromatic carbocycles. The Labute approximate surface area is 103 Å². The normalized spacial score (nSPS) is 10.3. The summed E-state index contributed by atoms with van der Waals surface area (Å²) in [6.07, 6.45) is 1.87. The average molecular weight is 226 g/mol. The van der Waals surface area contributed by atoms with Gasteiger partial charge in [0.15, 0.2) is 0 Å². The van der Waals surface area contributed by atoms with Crippen LogP contribution in [0, 0.1) is 13.8 Å². The fraction of sp³-hybridized carbons (Fsp3) is 0.267. The molecule has 0 radical (unpaired) electrons. The highest BCUT2D eigenvalue weighted by Crippen LogP contribution is 2.26. The van der Waals surface area contributed by atoms with E-state index in [-0.39, 0.29) is 0 Å². The molecule has 2 aromatic rings. The van der Waals surface area contributed by atoms with Crippen molar-refractivity contribution in [3.63, 3.8) is 0 Å². The third-order valence-corrected chi connectivity index (χ3v) is 3.01. The highest BCUT2D eigenvalue weighted by atomic mass is 14.8. The summed E-state index contributed by atoms with van der Waals surface area (Å²) in [6.45, 7) is 7.22. The van der Waals surface area contributed by atoms with E-state index in [0.717, 1.165) is 12.2 Å². The van der Waals surface area contributed by atoms with Gasteiger partial charge in [-0.3, -0.25) is 4.98 Å².